The Bertz CT molecular complexity index is 687. The number of hydrogen-bond donors (Lipinski definition) is 0. The van der Waals surface area contributed by atoms with Gasteiger partial charge in [-0.15, -0.1) is 0 Å². The molecule has 0 N–H and O–H groups in total. The summed E-state index contributed by atoms with van der Waals surface area (Å²) in [5.74, 6) is -0.198. The van der Waals surface area contributed by atoms with Gasteiger partial charge in [-0.05, 0) is 24.1 Å². The van der Waals surface area contributed by atoms with Gasteiger partial charge in [0, 0.05) is 25.3 Å². The quantitative estimate of drug-likeness (QED) is 0.629. The van der Waals surface area contributed by atoms with Crippen molar-refractivity contribution in [1.29, 1.82) is 0 Å². The van der Waals surface area contributed by atoms with Crippen LogP contribution in [0.3, 0.4) is 0 Å². The zero-order chi connectivity index (χ0) is 14.3. The van der Waals surface area contributed by atoms with Crippen molar-refractivity contribution >= 4 is 23.1 Å². The maximum atomic E-state index is 12.7. The Hall–Kier alpha value is -1.94. The Labute approximate surface area is 122 Å². The molecule has 3 rings (SSSR count). The number of Topliss-reactive ketones (excluding diaryl/α,β-unsaturated/α-hetero) is 1. The van der Waals surface area contributed by atoms with E-state index in [0.717, 1.165) is 16.8 Å². The topological polar surface area (TPSA) is 46.1 Å². The van der Waals surface area contributed by atoms with Crippen LogP contribution in [0.2, 0.25) is 5.15 Å². The van der Waals surface area contributed by atoms with Crippen molar-refractivity contribution in [2.45, 2.75) is 12.8 Å². The molecule has 1 aliphatic rings. The molecule has 0 amide bonds. The van der Waals surface area contributed by atoms with Gasteiger partial charge >= 0.3 is 0 Å². The van der Waals surface area contributed by atoms with Crippen LogP contribution in [-0.4, -0.2) is 29.3 Å². The van der Waals surface area contributed by atoms with Gasteiger partial charge in [-0.2, -0.15) is 0 Å². The highest BCUT2D eigenvalue weighted by Crippen LogP contribution is 2.38. The molecule has 0 bridgehead atoms. The average molecular weight is 288 g/mol. The second-order valence-electron chi connectivity index (χ2n) is 5.03. The molecular formula is C15H14ClN3O. The van der Waals surface area contributed by atoms with E-state index in [9.17, 15) is 4.79 Å². The summed E-state index contributed by atoms with van der Waals surface area (Å²) < 4.78 is 0. The number of likely N-dealkylation sites (N-methyl/N-ethyl adjacent to an activating group) is 1. The highest BCUT2D eigenvalue weighted by Gasteiger charge is 2.34. The molecule has 4 nitrogen and oxygen atoms in total. The maximum absolute atomic E-state index is 12.7. The summed E-state index contributed by atoms with van der Waals surface area (Å²) in [6.07, 6.45) is 1.33. The van der Waals surface area contributed by atoms with Crippen LogP contribution in [0.25, 0.3) is 0 Å². The van der Waals surface area contributed by atoms with Crippen LogP contribution in [0.5, 0.6) is 0 Å². The fraction of sp³-hybridized carbons (Fsp3) is 0.267. The van der Waals surface area contributed by atoms with Gasteiger partial charge in [-0.3, -0.25) is 4.79 Å². The van der Waals surface area contributed by atoms with Crippen LogP contribution in [0, 0.1) is 6.92 Å². The largest absolute Gasteiger partial charge is 0.373 e. The standard InChI is InChI=1S/C15H14ClN3O/c1-9-4-3-5-12-14(9)10(7-19(12)2)15(20)11-6-13(16)18-8-17-11/h3-6,8,10H,7H2,1-2H3. The summed E-state index contributed by atoms with van der Waals surface area (Å²) in [6.45, 7) is 2.70. The molecule has 2 heterocycles. The number of rotatable bonds is 2. The van der Waals surface area contributed by atoms with Gasteiger partial charge < -0.3 is 4.90 Å². The highest BCUT2D eigenvalue weighted by molar-refractivity contribution is 6.29. The number of fused-ring (bicyclic) bond motifs is 1. The summed E-state index contributed by atoms with van der Waals surface area (Å²) in [5, 5.41) is 0.291. The molecule has 5 heteroatoms. The van der Waals surface area contributed by atoms with Crippen molar-refractivity contribution in [2.75, 3.05) is 18.5 Å². The van der Waals surface area contributed by atoms with Crippen LogP contribution in [-0.2, 0) is 0 Å². The highest BCUT2D eigenvalue weighted by atomic mass is 35.5. The summed E-state index contributed by atoms with van der Waals surface area (Å²) >= 11 is 5.84. The molecule has 0 saturated heterocycles. The number of benzene rings is 1. The van der Waals surface area contributed by atoms with Crippen molar-refractivity contribution in [1.82, 2.24) is 9.97 Å². The third-order valence-corrected chi connectivity index (χ3v) is 3.93. The molecule has 0 aliphatic carbocycles. The van der Waals surface area contributed by atoms with Gasteiger partial charge in [-0.1, -0.05) is 23.7 Å². The van der Waals surface area contributed by atoms with Crippen molar-refractivity contribution < 1.29 is 4.79 Å². The Morgan fingerprint density at radius 2 is 2.20 bits per heavy atom. The van der Waals surface area contributed by atoms with Crippen molar-refractivity contribution in [3.05, 3.63) is 52.6 Å². The van der Waals surface area contributed by atoms with Crippen molar-refractivity contribution in [3.63, 3.8) is 0 Å². The Balaban J connectivity index is 2.04. The van der Waals surface area contributed by atoms with E-state index in [1.54, 1.807) is 0 Å². The molecule has 0 fully saturated rings. The van der Waals surface area contributed by atoms with Crippen LogP contribution in [0.15, 0.2) is 30.6 Å². The monoisotopic (exact) mass is 287 g/mol. The summed E-state index contributed by atoms with van der Waals surface area (Å²) in [4.78, 5) is 22.7. The Kier molecular flexibility index (Phi) is 3.18. The van der Waals surface area contributed by atoms with Crippen LogP contribution >= 0.6 is 11.6 Å². The van der Waals surface area contributed by atoms with E-state index in [2.05, 4.69) is 14.9 Å². The predicted molar refractivity (Wildman–Crippen MR) is 78.6 cm³/mol. The first-order valence-electron chi connectivity index (χ1n) is 6.40. The molecule has 20 heavy (non-hydrogen) atoms. The molecular weight excluding hydrogens is 274 g/mol. The molecule has 0 radical (unpaired) electrons. The number of nitrogens with zero attached hydrogens (tertiary/aromatic N) is 3. The lowest BCUT2D eigenvalue weighted by Crippen LogP contribution is -2.21. The summed E-state index contributed by atoms with van der Waals surface area (Å²) in [7, 11) is 2.00. The first-order chi connectivity index (χ1) is 9.58. The number of anilines is 1. The zero-order valence-corrected chi connectivity index (χ0v) is 12.1. The fourth-order valence-corrected chi connectivity index (χ4v) is 2.92. The molecule has 0 spiro atoms. The van der Waals surface area contributed by atoms with Gasteiger partial charge in [0.1, 0.15) is 17.2 Å². The van der Waals surface area contributed by atoms with Gasteiger partial charge in [0.15, 0.2) is 5.78 Å². The minimum absolute atomic E-state index is 0.00537. The van der Waals surface area contributed by atoms with E-state index in [4.69, 9.17) is 11.6 Å². The van der Waals surface area contributed by atoms with Crippen LogP contribution in [0.1, 0.15) is 27.5 Å². The zero-order valence-electron chi connectivity index (χ0n) is 11.3. The second kappa shape index (κ2) is 4.87. The van der Waals surface area contributed by atoms with E-state index in [-0.39, 0.29) is 11.7 Å². The lowest BCUT2D eigenvalue weighted by Gasteiger charge is -2.11. The smallest absolute Gasteiger partial charge is 0.190 e. The first kappa shape index (κ1) is 13.1. The van der Waals surface area contributed by atoms with Crippen molar-refractivity contribution in [2.24, 2.45) is 0 Å². The lowest BCUT2D eigenvalue weighted by molar-refractivity contribution is 0.0959. The number of carbonyl (C=O) groups is 1. The summed E-state index contributed by atoms with van der Waals surface area (Å²) in [5.41, 5.74) is 3.71. The number of carbonyl (C=O) groups excluding carboxylic acids is 1. The number of aryl methyl sites for hydroxylation is 1. The van der Waals surface area contributed by atoms with E-state index in [0.29, 0.717) is 17.4 Å². The molecule has 1 unspecified atom stereocenters. The van der Waals surface area contributed by atoms with Gasteiger partial charge in [0.05, 0.1) is 5.92 Å². The summed E-state index contributed by atoms with van der Waals surface area (Å²) in [6, 6.07) is 7.62. The maximum Gasteiger partial charge on any atom is 0.190 e. The molecule has 1 aliphatic heterocycles. The number of halogens is 1. The third-order valence-electron chi connectivity index (χ3n) is 3.72. The second-order valence-corrected chi connectivity index (χ2v) is 5.42. The lowest BCUT2D eigenvalue weighted by atomic mass is 9.91. The van der Waals surface area contributed by atoms with Gasteiger partial charge in [0.2, 0.25) is 0 Å². The first-order valence-corrected chi connectivity index (χ1v) is 6.78. The third kappa shape index (κ3) is 2.06. The Morgan fingerprint density at radius 1 is 1.40 bits per heavy atom. The Morgan fingerprint density at radius 3 is 2.95 bits per heavy atom. The number of ketones is 1. The van der Waals surface area contributed by atoms with E-state index < -0.39 is 0 Å². The van der Waals surface area contributed by atoms with Gasteiger partial charge in [-0.25, -0.2) is 9.97 Å². The van der Waals surface area contributed by atoms with Gasteiger partial charge in [0.25, 0.3) is 0 Å². The fourth-order valence-electron chi connectivity index (χ4n) is 2.78. The molecule has 1 aromatic heterocycles. The number of aromatic nitrogens is 2. The molecule has 2 aromatic rings. The average Bonchev–Trinajstić information content (AvgIpc) is 2.77. The normalized spacial score (nSPS) is 17.1. The molecule has 1 atom stereocenters. The SMILES string of the molecule is Cc1cccc2c1C(C(=O)c1cc(Cl)ncn1)CN2C. The van der Waals surface area contributed by atoms with Crippen LogP contribution < -0.4 is 4.90 Å². The predicted octanol–water partition coefficient (Wildman–Crippen LogP) is 2.85. The van der Waals surface area contributed by atoms with E-state index in [1.165, 1.54) is 12.4 Å². The van der Waals surface area contributed by atoms with E-state index in [1.807, 2.05) is 32.2 Å². The molecule has 0 saturated carbocycles. The van der Waals surface area contributed by atoms with Crippen LogP contribution in [0.4, 0.5) is 5.69 Å². The minimum atomic E-state index is -0.192. The molecule has 102 valence electrons. The van der Waals surface area contributed by atoms with Crippen molar-refractivity contribution in [3.8, 4) is 0 Å². The molecule has 1 aromatic carbocycles. The van der Waals surface area contributed by atoms with E-state index >= 15 is 0 Å². The number of hydrogen-bond acceptors (Lipinski definition) is 4. The minimum Gasteiger partial charge on any atom is -0.373 e.